The van der Waals surface area contributed by atoms with Crippen LogP contribution in [0.4, 0.5) is 19.0 Å². The second kappa shape index (κ2) is 13.9. The minimum absolute atomic E-state index is 0.0524. The normalized spacial score (nSPS) is 12.2. The van der Waals surface area contributed by atoms with Crippen LogP contribution in [0, 0.1) is 0 Å². The average Bonchev–Trinajstić information content (AvgIpc) is 3.05. The molecule has 3 aromatic carbocycles. The molecule has 0 aliphatic heterocycles. The number of carbonyl (C=O) groups excluding carboxylic acids is 2. The third-order valence-corrected chi connectivity index (χ3v) is 7.83. The van der Waals surface area contributed by atoms with Crippen molar-refractivity contribution in [3.05, 3.63) is 126 Å². The predicted octanol–water partition coefficient (Wildman–Crippen LogP) is 7.61. The van der Waals surface area contributed by atoms with Crippen LogP contribution in [0.25, 0.3) is 22.2 Å². The number of fused-ring (bicyclic) bond motifs is 1. The summed E-state index contributed by atoms with van der Waals surface area (Å²) in [6.07, 6.45) is -2.98. The van der Waals surface area contributed by atoms with Crippen molar-refractivity contribution in [3.8, 4) is 11.3 Å². The van der Waals surface area contributed by atoms with Gasteiger partial charge in [-0.15, -0.1) is 0 Å². The van der Waals surface area contributed by atoms with Crippen LogP contribution in [0.1, 0.15) is 46.9 Å². The molecule has 5 rings (SSSR count). The molecule has 0 spiro atoms. The number of likely N-dealkylation sites (N-methyl/N-ethyl adjacent to an activating group) is 2. The number of pyridine rings is 2. The van der Waals surface area contributed by atoms with Gasteiger partial charge in [-0.05, 0) is 80.6 Å². The summed E-state index contributed by atoms with van der Waals surface area (Å²) in [6, 6.07) is 26.4. The molecule has 5 aromatic rings. The van der Waals surface area contributed by atoms with E-state index in [1.807, 2.05) is 85.3 Å². The summed E-state index contributed by atoms with van der Waals surface area (Å²) in [6.45, 7) is 5.74. The summed E-state index contributed by atoms with van der Waals surface area (Å²) in [5.74, 6) is -0.117. The molecule has 0 fully saturated rings. The number of amides is 2. The van der Waals surface area contributed by atoms with E-state index in [-0.39, 0.29) is 17.2 Å². The maximum absolute atomic E-state index is 13.5. The van der Waals surface area contributed by atoms with Crippen molar-refractivity contribution < 1.29 is 22.8 Å². The van der Waals surface area contributed by atoms with Gasteiger partial charge in [0.15, 0.2) is 0 Å². The van der Waals surface area contributed by atoms with Crippen molar-refractivity contribution in [2.45, 2.75) is 32.6 Å². The first-order chi connectivity index (χ1) is 22.1. The molecule has 0 aliphatic rings. The molecule has 2 aromatic heterocycles. The highest BCUT2D eigenvalue weighted by Gasteiger charge is 2.30. The van der Waals surface area contributed by atoms with E-state index in [0.717, 1.165) is 28.6 Å². The summed E-state index contributed by atoms with van der Waals surface area (Å²) in [4.78, 5) is 39.5. The van der Waals surface area contributed by atoms with Crippen LogP contribution in [0.2, 0.25) is 0 Å². The lowest BCUT2D eigenvalue weighted by Gasteiger charge is -2.32. The molecule has 0 radical (unpaired) electrons. The number of nitrogens with one attached hydrogen (secondary N) is 1. The number of aromatic nitrogens is 2. The van der Waals surface area contributed by atoms with Crippen molar-refractivity contribution in [2.24, 2.45) is 0 Å². The molecule has 0 aliphatic carbocycles. The van der Waals surface area contributed by atoms with Gasteiger partial charge in [-0.25, -0.2) is 4.98 Å². The van der Waals surface area contributed by atoms with Gasteiger partial charge in [0.05, 0.1) is 22.3 Å². The number of halogens is 3. The SMILES string of the molecule is CCN(CC)C(=O)[C@H](c1ccccc1)N(C)Cc1ccc2nc(NC(=O)c3cccnc3-c3ccc(C(F)(F)F)cc3)ccc2c1. The van der Waals surface area contributed by atoms with Gasteiger partial charge in [-0.1, -0.05) is 48.5 Å². The number of anilines is 1. The first-order valence-corrected chi connectivity index (χ1v) is 15.0. The number of alkyl halides is 3. The molecule has 1 N–H and O–H groups in total. The summed E-state index contributed by atoms with van der Waals surface area (Å²) < 4.78 is 39.1. The summed E-state index contributed by atoms with van der Waals surface area (Å²) in [7, 11) is 1.94. The first-order valence-electron chi connectivity index (χ1n) is 15.0. The van der Waals surface area contributed by atoms with Gasteiger partial charge < -0.3 is 10.2 Å². The second-order valence-electron chi connectivity index (χ2n) is 10.9. The van der Waals surface area contributed by atoms with Crippen molar-refractivity contribution in [3.63, 3.8) is 0 Å². The van der Waals surface area contributed by atoms with Gasteiger partial charge in [0.2, 0.25) is 5.91 Å². The monoisotopic (exact) mass is 625 g/mol. The van der Waals surface area contributed by atoms with Crippen molar-refractivity contribution >= 4 is 28.5 Å². The fraction of sp³-hybridized carbons (Fsp3) is 0.222. The number of hydrogen-bond acceptors (Lipinski definition) is 5. The lowest BCUT2D eigenvalue weighted by atomic mass is 10.0. The van der Waals surface area contributed by atoms with Gasteiger partial charge >= 0.3 is 6.18 Å². The van der Waals surface area contributed by atoms with E-state index in [1.54, 1.807) is 18.2 Å². The molecule has 0 bridgehead atoms. The van der Waals surface area contributed by atoms with Crippen molar-refractivity contribution in [2.75, 3.05) is 25.5 Å². The highest BCUT2D eigenvalue weighted by atomic mass is 19.4. The molecule has 1 atom stereocenters. The smallest absolute Gasteiger partial charge is 0.342 e. The van der Waals surface area contributed by atoms with Gasteiger partial charge in [0, 0.05) is 36.8 Å². The first kappa shape index (κ1) is 32.3. The predicted molar refractivity (Wildman–Crippen MR) is 173 cm³/mol. The highest BCUT2D eigenvalue weighted by Crippen LogP contribution is 2.32. The van der Waals surface area contributed by atoms with Crippen LogP contribution in [-0.2, 0) is 17.5 Å². The van der Waals surface area contributed by atoms with Crippen LogP contribution in [0.3, 0.4) is 0 Å². The van der Waals surface area contributed by atoms with E-state index in [9.17, 15) is 22.8 Å². The van der Waals surface area contributed by atoms with Crippen LogP contribution in [0.5, 0.6) is 0 Å². The maximum Gasteiger partial charge on any atom is 0.416 e. The molecular weight excluding hydrogens is 591 g/mol. The molecule has 2 heterocycles. The van der Waals surface area contributed by atoms with Gasteiger partial charge in [-0.2, -0.15) is 13.2 Å². The Morgan fingerprint density at radius 1 is 0.870 bits per heavy atom. The third kappa shape index (κ3) is 7.24. The van der Waals surface area contributed by atoms with E-state index in [0.29, 0.717) is 36.5 Å². The number of rotatable bonds is 10. The molecule has 10 heteroatoms. The van der Waals surface area contributed by atoms with Gasteiger partial charge in [0.25, 0.3) is 5.91 Å². The molecular formula is C36H34F3N5O2. The molecule has 7 nitrogen and oxygen atoms in total. The number of benzene rings is 3. The Morgan fingerprint density at radius 3 is 2.26 bits per heavy atom. The van der Waals surface area contributed by atoms with E-state index in [1.165, 1.54) is 18.3 Å². The molecule has 0 unspecified atom stereocenters. The fourth-order valence-electron chi connectivity index (χ4n) is 5.47. The minimum atomic E-state index is -4.46. The largest absolute Gasteiger partial charge is 0.416 e. The van der Waals surface area contributed by atoms with Gasteiger partial charge in [0.1, 0.15) is 11.9 Å². The van der Waals surface area contributed by atoms with E-state index < -0.39 is 23.7 Å². The Bertz CT molecular complexity index is 1820. The highest BCUT2D eigenvalue weighted by molar-refractivity contribution is 6.08. The maximum atomic E-state index is 13.5. The third-order valence-electron chi connectivity index (χ3n) is 7.83. The van der Waals surface area contributed by atoms with Crippen LogP contribution < -0.4 is 5.32 Å². The Kier molecular flexibility index (Phi) is 9.77. The Morgan fingerprint density at radius 2 is 1.59 bits per heavy atom. The Balaban J connectivity index is 1.33. The lowest BCUT2D eigenvalue weighted by molar-refractivity contribution is -0.138. The van der Waals surface area contributed by atoms with Crippen molar-refractivity contribution in [1.82, 2.24) is 19.8 Å². The van der Waals surface area contributed by atoms with Crippen LogP contribution in [0.15, 0.2) is 103 Å². The Hall–Kier alpha value is -5.09. The van der Waals surface area contributed by atoms with E-state index in [4.69, 9.17) is 0 Å². The molecule has 0 saturated heterocycles. The molecule has 0 saturated carbocycles. The standard InChI is InChI=1S/C36H34F3N5O2/c1-4-44(5-2)35(46)33(26-10-7-6-8-11-26)43(3)23-24-13-19-30-27(22-24)16-20-31(41-30)42-34(45)29-12-9-21-40-32(29)25-14-17-28(18-15-25)36(37,38)39/h6-22,33H,4-5,23H2,1-3H3,(H,41,42,45)/t33-/m0/s1. The Labute approximate surface area is 265 Å². The van der Waals surface area contributed by atoms with Crippen LogP contribution in [-0.4, -0.2) is 51.7 Å². The number of hydrogen-bond donors (Lipinski definition) is 1. The lowest BCUT2D eigenvalue weighted by Crippen LogP contribution is -2.41. The second-order valence-corrected chi connectivity index (χ2v) is 10.9. The number of nitrogens with zero attached hydrogens (tertiary/aromatic N) is 4. The fourth-order valence-corrected chi connectivity index (χ4v) is 5.47. The zero-order valence-corrected chi connectivity index (χ0v) is 25.8. The zero-order valence-electron chi connectivity index (χ0n) is 25.8. The summed E-state index contributed by atoms with van der Waals surface area (Å²) in [5, 5.41) is 3.65. The zero-order chi connectivity index (χ0) is 32.8. The average molecular weight is 626 g/mol. The van der Waals surface area contributed by atoms with Crippen molar-refractivity contribution in [1.29, 1.82) is 0 Å². The van der Waals surface area contributed by atoms with E-state index >= 15 is 0 Å². The summed E-state index contributed by atoms with van der Waals surface area (Å²) in [5.41, 5.74) is 2.66. The minimum Gasteiger partial charge on any atom is -0.342 e. The molecule has 46 heavy (non-hydrogen) atoms. The topological polar surface area (TPSA) is 78.4 Å². The number of carbonyl (C=O) groups is 2. The van der Waals surface area contributed by atoms with Gasteiger partial charge in [-0.3, -0.25) is 19.5 Å². The van der Waals surface area contributed by atoms with E-state index in [2.05, 4.69) is 15.3 Å². The summed E-state index contributed by atoms with van der Waals surface area (Å²) >= 11 is 0. The molecule has 236 valence electrons. The quantitative estimate of drug-likeness (QED) is 0.173. The molecule has 2 amide bonds. The van der Waals surface area contributed by atoms with Crippen LogP contribution >= 0.6 is 0 Å².